The maximum Gasteiger partial charge on any atom is 0.221 e. The van der Waals surface area contributed by atoms with Crippen LogP contribution in [0.15, 0.2) is 6.33 Å². The minimum atomic E-state index is 0.370. The van der Waals surface area contributed by atoms with Crippen molar-refractivity contribution in [3.63, 3.8) is 0 Å². The number of aromatic nitrogens is 2. The number of methoxy groups -OCH3 is 1. The summed E-state index contributed by atoms with van der Waals surface area (Å²) in [6.07, 6.45) is 3.75. The van der Waals surface area contributed by atoms with Crippen molar-refractivity contribution in [1.29, 1.82) is 0 Å². The molecule has 0 spiro atoms. The average Bonchev–Trinajstić information content (AvgIpc) is 2.27. The molecule has 1 aliphatic rings. The molecular formula is C12H18ClN3O. The van der Waals surface area contributed by atoms with E-state index in [0.29, 0.717) is 17.2 Å². The first kappa shape index (κ1) is 12.4. The number of hydrogen-bond acceptors (Lipinski definition) is 4. The Bertz CT molecular complexity index is 393. The standard InChI is InChI=1S/C12H18ClN3O/c1-8-11(14-7-15-12(8)17-3)16(2)6-9-4-10(13)5-9/h7,9-10H,4-6H2,1-3H3. The molecule has 0 aromatic carbocycles. The second kappa shape index (κ2) is 5.08. The van der Waals surface area contributed by atoms with Crippen molar-refractivity contribution in [1.82, 2.24) is 9.97 Å². The summed E-state index contributed by atoms with van der Waals surface area (Å²) in [6, 6.07) is 0. The van der Waals surface area contributed by atoms with Crippen LogP contribution >= 0.6 is 11.6 Å². The summed E-state index contributed by atoms with van der Waals surface area (Å²) < 4.78 is 5.20. The van der Waals surface area contributed by atoms with Crippen LogP contribution in [0.5, 0.6) is 5.88 Å². The van der Waals surface area contributed by atoms with E-state index < -0.39 is 0 Å². The molecule has 2 rings (SSSR count). The van der Waals surface area contributed by atoms with Gasteiger partial charge in [-0.25, -0.2) is 9.97 Å². The number of nitrogens with zero attached hydrogens (tertiary/aromatic N) is 3. The lowest BCUT2D eigenvalue weighted by molar-refractivity contribution is 0.328. The van der Waals surface area contributed by atoms with Crippen molar-refractivity contribution in [3.05, 3.63) is 11.9 Å². The molecule has 0 radical (unpaired) electrons. The Kier molecular flexibility index (Phi) is 3.72. The van der Waals surface area contributed by atoms with Gasteiger partial charge in [0.25, 0.3) is 0 Å². The summed E-state index contributed by atoms with van der Waals surface area (Å²) in [5.41, 5.74) is 0.985. The lowest BCUT2D eigenvalue weighted by Gasteiger charge is -2.34. The Morgan fingerprint density at radius 3 is 2.76 bits per heavy atom. The molecular weight excluding hydrogens is 238 g/mol. The highest BCUT2D eigenvalue weighted by Gasteiger charge is 2.28. The van der Waals surface area contributed by atoms with Crippen LogP contribution in [0.3, 0.4) is 0 Å². The van der Waals surface area contributed by atoms with E-state index in [1.54, 1.807) is 13.4 Å². The van der Waals surface area contributed by atoms with Gasteiger partial charge >= 0.3 is 0 Å². The molecule has 0 amide bonds. The van der Waals surface area contributed by atoms with Crippen molar-refractivity contribution >= 4 is 17.4 Å². The van der Waals surface area contributed by atoms with Crippen LogP contribution in [0.2, 0.25) is 0 Å². The Labute approximate surface area is 107 Å². The van der Waals surface area contributed by atoms with Gasteiger partial charge in [-0.05, 0) is 25.7 Å². The van der Waals surface area contributed by atoms with Crippen molar-refractivity contribution in [3.8, 4) is 5.88 Å². The van der Waals surface area contributed by atoms with Crippen LogP contribution < -0.4 is 9.64 Å². The van der Waals surface area contributed by atoms with E-state index in [1.165, 1.54) is 0 Å². The number of ether oxygens (including phenoxy) is 1. The first-order valence-electron chi connectivity index (χ1n) is 5.82. The average molecular weight is 256 g/mol. The normalized spacial score (nSPS) is 23.1. The highest BCUT2D eigenvalue weighted by molar-refractivity contribution is 6.21. The number of rotatable bonds is 4. The van der Waals surface area contributed by atoms with E-state index in [-0.39, 0.29) is 0 Å². The molecule has 94 valence electrons. The molecule has 1 aromatic rings. The maximum absolute atomic E-state index is 5.99. The van der Waals surface area contributed by atoms with Gasteiger partial charge in [-0.3, -0.25) is 0 Å². The summed E-state index contributed by atoms with van der Waals surface area (Å²) in [5, 5.41) is 0.370. The Balaban J connectivity index is 2.05. The van der Waals surface area contributed by atoms with Gasteiger partial charge in [-0.1, -0.05) is 0 Å². The van der Waals surface area contributed by atoms with Gasteiger partial charge in [0.1, 0.15) is 12.1 Å². The molecule has 1 aromatic heterocycles. The lowest BCUT2D eigenvalue weighted by Crippen LogP contribution is -2.35. The van der Waals surface area contributed by atoms with E-state index in [1.807, 2.05) is 6.92 Å². The van der Waals surface area contributed by atoms with Crippen LogP contribution in [-0.2, 0) is 0 Å². The van der Waals surface area contributed by atoms with Crippen molar-refractivity contribution in [2.75, 3.05) is 25.6 Å². The van der Waals surface area contributed by atoms with E-state index in [2.05, 4.69) is 21.9 Å². The molecule has 0 unspecified atom stereocenters. The van der Waals surface area contributed by atoms with Gasteiger partial charge < -0.3 is 9.64 Å². The first-order valence-corrected chi connectivity index (χ1v) is 6.26. The zero-order valence-electron chi connectivity index (χ0n) is 10.5. The monoisotopic (exact) mass is 255 g/mol. The van der Waals surface area contributed by atoms with Gasteiger partial charge in [0.15, 0.2) is 0 Å². The minimum Gasteiger partial charge on any atom is -0.481 e. The highest BCUT2D eigenvalue weighted by atomic mass is 35.5. The van der Waals surface area contributed by atoms with Gasteiger partial charge in [0.05, 0.1) is 12.7 Å². The number of halogens is 1. The molecule has 0 bridgehead atoms. The number of alkyl halides is 1. The fourth-order valence-electron chi connectivity index (χ4n) is 2.29. The second-order valence-corrected chi connectivity index (χ2v) is 5.26. The van der Waals surface area contributed by atoms with Crippen molar-refractivity contribution < 1.29 is 4.74 Å². The zero-order chi connectivity index (χ0) is 12.4. The predicted octanol–water partition coefficient (Wildman–Crippen LogP) is 2.25. The van der Waals surface area contributed by atoms with Crippen LogP contribution in [-0.4, -0.2) is 36.0 Å². The Morgan fingerprint density at radius 1 is 1.47 bits per heavy atom. The van der Waals surface area contributed by atoms with Crippen LogP contribution in [0.4, 0.5) is 5.82 Å². The fraction of sp³-hybridized carbons (Fsp3) is 0.667. The maximum atomic E-state index is 5.99. The Hall–Kier alpha value is -1.03. The van der Waals surface area contributed by atoms with Crippen LogP contribution in [0.1, 0.15) is 18.4 Å². The molecule has 1 fully saturated rings. The lowest BCUT2D eigenvalue weighted by atomic mass is 9.84. The largest absolute Gasteiger partial charge is 0.481 e. The minimum absolute atomic E-state index is 0.370. The van der Waals surface area contributed by atoms with Gasteiger partial charge in [-0.15, -0.1) is 11.6 Å². The van der Waals surface area contributed by atoms with Crippen LogP contribution in [0, 0.1) is 12.8 Å². The molecule has 0 saturated heterocycles. The number of anilines is 1. The molecule has 17 heavy (non-hydrogen) atoms. The predicted molar refractivity (Wildman–Crippen MR) is 69.0 cm³/mol. The molecule has 5 heteroatoms. The third-order valence-electron chi connectivity index (χ3n) is 3.28. The highest BCUT2D eigenvalue weighted by Crippen LogP contribution is 2.33. The topological polar surface area (TPSA) is 38.3 Å². The summed E-state index contributed by atoms with van der Waals surface area (Å²) in [6.45, 7) is 2.97. The second-order valence-electron chi connectivity index (χ2n) is 4.65. The van der Waals surface area contributed by atoms with Gasteiger partial charge in [-0.2, -0.15) is 0 Å². The smallest absolute Gasteiger partial charge is 0.221 e. The third-order valence-corrected chi connectivity index (χ3v) is 3.63. The quantitative estimate of drug-likeness (QED) is 0.774. The molecule has 0 N–H and O–H groups in total. The summed E-state index contributed by atoms with van der Waals surface area (Å²) in [7, 11) is 3.68. The van der Waals surface area contributed by atoms with Crippen LogP contribution in [0.25, 0.3) is 0 Å². The molecule has 4 nitrogen and oxygen atoms in total. The van der Waals surface area contributed by atoms with Gasteiger partial charge in [0.2, 0.25) is 5.88 Å². The van der Waals surface area contributed by atoms with E-state index in [0.717, 1.165) is 30.8 Å². The van der Waals surface area contributed by atoms with Crippen molar-refractivity contribution in [2.24, 2.45) is 5.92 Å². The number of hydrogen-bond donors (Lipinski definition) is 0. The third kappa shape index (κ3) is 2.63. The van der Waals surface area contributed by atoms with Crippen molar-refractivity contribution in [2.45, 2.75) is 25.1 Å². The summed E-state index contributed by atoms with van der Waals surface area (Å²) in [5.74, 6) is 2.27. The van der Waals surface area contributed by atoms with E-state index in [4.69, 9.17) is 16.3 Å². The Morgan fingerprint density at radius 2 is 2.18 bits per heavy atom. The van der Waals surface area contributed by atoms with E-state index >= 15 is 0 Å². The molecule has 0 atom stereocenters. The molecule has 1 heterocycles. The molecule has 1 saturated carbocycles. The summed E-state index contributed by atoms with van der Waals surface area (Å²) >= 11 is 5.99. The summed E-state index contributed by atoms with van der Waals surface area (Å²) in [4.78, 5) is 10.6. The molecule has 0 aliphatic heterocycles. The SMILES string of the molecule is COc1ncnc(N(C)CC2CC(Cl)C2)c1C. The van der Waals surface area contributed by atoms with Gasteiger partial charge in [0, 0.05) is 19.0 Å². The fourth-order valence-corrected chi connectivity index (χ4v) is 2.80. The zero-order valence-corrected chi connectivity index (χ0v) is 11.2. The molecule has 1 aliphatic carbocycles. The first-order chi connectivity index (χ1) is 8.11. The van der Waals surface area contributed by atoms with E-state index in [9.17, 15) is 0 Å².